The number of benzene rings is 3. The predicted molar refractivity (Wildman–Crippen MR) is 117 cm³/mol. The Bertz CT molecular complexity index is 1190. The van der Waals surface area contributed by atoms with Crippen LogP contribution in [0.2, 0.25) is 0 Å². The molecule has 0 saturated carbocycles. The van der Waals surface area contributed by atoms with E-state index in [1.54, 1.807) is 13.0 Å². The second kappa shape index (κ2) is 8.67. The van der Waals surface area contributed by atoms with Crippen LogP contribution in [0.5, 0.6) is 0 Å². The Morgan fingerprint density at radius 2 is 1.67 bits per heavy atom. The van der Waals surface area contributed by atoms with Crippen molar-refractivity contribution in [2.75, 3.05) is 10.0 Å². The van der Waals surface area contributed by atoms with Crippen LogP contribution in [0.3, 0.4) is 0 Å². The van der Waals surface area contributed by atoms with Crippen LogP contribution in [0, 0.1) is 19.7 Å². The van der Waals surface area contributed by atoms with Crippen molar-refractivity contribution in [3.05, 3.63) is 88.7 Å². The Kier molecular flexibility index (Phi) is 6.22. The Morgan fingerprint density at radius 1 is 0.967 bits per heavy atom. The smallest absolute Gasteiger partial charge is 0.261 e. The van der Waals surface area contributed by atoms with Gasteiger partial charge in [0, 0.05) is 16.9 Å². The van der Waals surface area contributed by atoms with Crippen LogP contribution in [0.25, 0.3) is 0 Å². The topological polar surface area (TPSA) is 75.3 Å². The molecule has 0 aliphatic heterocycles. The number of para-hydroxylation sites is 1. The van der Waals surface area contributed by atoms with E-state index in [4.69, 9.17) is 0 Å². The van der Waals surface area contributed by atoms with Gasteiger partial charge >= 0.3 is 0 Å². The van der Waals surface area contributed by atoms with Crippen LogP contribution < -0.4 is 10.0 Å². The Balaban J connectivity index is 1.91. The number of hydrogen-bond acceptors (Lipinski definition) is 3. The summed E-state index contributed by atoms with van der Waals surface area (Å²) >= 11 is 0. The molecule has 1 amide bonds. The third-order valence-corrected chi connectivity index (χ3v) is 6.22. The first kappa shape index (κ1) is 21.5. The maximum atomic E-state index is 13.1. The molecule has 0 fully saturated rings. The zero-order valence-corrected chi connectivity index (χ0v) is 17.8. The number of carbonyl (C=O) groups excluding carboxylic acids is 1. The van der Waals surface area contributed by atoms with E-state index in [2.05, 4.69) is 10.0 Å². The molecule has 2 N–H and O–H groups in total. The Hall–Kier alpha value is -3.19. The third-order valence-electron chi connectivity index (χ3n) is 4.84. The van der Waals surface area contributed by atoms with Crippen LogP contribution in [0.4, 0.5) is 15.8 Å². The van der Waals surface area contributed by atoms with Crippen LogP contribution in [0.15, 0.2) is 65.6 Å². The van der Waals surface area contributed by atoms with Gasteiger partial charge in [0.15, 0.2) is 0 Å². The lowest BCUT2D eigenvalue weighted by Gasteiger charge is -2.15. The summed E-state index contributed by atoms with van der Waals surface area (Å²) in [5, 5.41) is 2.93. The predicted octanol–water partition coefficient (Wildman–Crippen LogP) is 5.06. The zero-order chi connectivity index (χ0) is 21.9. The van der Waals surface area contributed by atoms with E-state index in [9.17, 15) is 17.6 Å². The summed E-state index contributed by atoms with van der Waals surface area (Å²) in [5.74, 6) is -0.842. The van der Waals surface area contributed by atoms with Crippen molar-refractivity contribution in [2.45, 2.75) is 32.1 Å². The summed E-state index contributed by atoms with van der Waals surface area (Å²) in [6, 6.07) is 15.2. The van der Waals surface area contributed by atoms with Crippen molar-refractivity contribution in [3.8, 4) is 0 Å². The average Bonchev–Trinajstić information content (AvgIpc) is 2.71. The minimum absolute atomic E-state index is 0.0527. The Labute approximate surface area is 176 Å². The molecule has 0 unspecified atom stereocenters. The largest absolute Gasteiger partial charge is 0.321 e. The van der Waals surface area contributed by atoms with Gasteiger partial charge in [-0.25, -0.2) is 12.8 Å². The second-order valence-corrected chi connectivity index (χ2v) is 8.69. The van der Waals surface area contributed by atoms with Gasteiger partial charge in [0.25, 0.3) is 15.9 Å². The van der Waals surface area contributed by atoms with Gasteiger partial charge in [0.05, 0.1) is 4.90 Å². The van der Waals surface area contributed by atoms with Gasteiger partial charge in [0.1, 0.15) is 5.82 Å². The highest BCUT2D eigenvalue weighted by Gasteiger charge is 2.19. The minimum Gasteiger partial charge on any atom is -0.321 e. The molecule has 0 atom stereocenters. The molecule has 0 saturated heterocycles. The fraction of sp³-hybridized carbons (Fsp3) is 0.174. The number of aryl methyl sites for hydroxylation is 3. The molecular formula is C23H23FN2O3S. The van der Waals surface area contributed by atoms with E-state index >= 15 is 0 Å². The number of sulfonamides is 1. The zero-order valence-electron chi connectivity index (χ0n) is 17.0. The lowest BCUT2D eigenvalue weighted by Crippen LogP contribution is -2.18. The number of anilines is 2. The van der Waals surface area contributed by atoms with E-state index < -0.39 is 15.8 Å². The fourth-order valence-corrected chi connectivity index (χ4v) is 4.21. The molecule has 7 heteroatoms. The van der Waals surface area contributed by atoms with Gasteiger partial charge in [-0.1, -0.05) is 31.2 Å². The number of carbonyl (C=O) groups is 1. The maximum absolute atomic E-state index is 13.1. The Morgan fingerprint density at radius 3 is 2.33 bits per heavy atom. The summed E-state index contributed by atoms with van der Waals surface area (Å²) < 4.78 is 41.0. The normalized spacial score (nSPS) is 11.2. The van der Waals surface area contributed by atoms with Crippen molar-refractivity contribution >= 4 is 27.3 Å². The van der Waals surface area contributed by atoms with E-state index in [1.807, 2.05) is 32.0 Å². The molecule has 3 aromatic carbocycles. The van der Waals surface area contributed by atoms with E-state index in [0.29, 0.717) is 5.56 Å². The van der Waals surface area contributed by atoms with E-state index in [0.717, 1.165) is 23.2 Å². The third kappa shape index (κ3) is 4.68. The van der Waals surface area contributed by atoms with Crippen LogP contribution >= 0.6 is 0 Å². The van der Waals surface area contributed by atoms with Crippen molar-refractivity contribution in [3.63, 3.8) is 0 Å². The number of hydrogen-bond donors (Lipinski definition) is 2. The highest BCUT2D eigenvalue weighted by atomic mass is 32.2. The SMILES string of the molecule is CCc1cccc(C)c1NC(=O)c1cc(S(=O)(=O)Nc2ccc(F)cc2)ccc1C. The summed E-state index contributed by atoms with van der Waals surface area (Å²) in [7, 11) is -3.95. The van der Waals surface area contributed by atoms with E-state index in [1.165, 1.54) is 36.4 Å². The first-order valence-corrected chi connectivity index (χ1v) is 11.0. The number of rotatable bonds is 6. The monoisotopic (exact) mass is 426 g/mol. The lowest BCUT2D eigenvalue weighted by atomic mass is 10.0. The molecule has 5 nitrogen and oxygen atoms in total. The molecular weight excluding hydrogens is 403 g/mol. The van der Waals surface area contributed by atoms with Gasteiger partial charge in [-0.15, -0.1) is 0 Å². The van der Waals surface area contributed by atoms with Crippen LogP contribution in [-0.2, 0) is 16.4 Å². The van der Waals surface area contributed by atoms with Gasteiger partial charge in [0.2, 0.25) is 0 Å². The van der Waals surface area contributed by atoms with Crippen LogP contribution in [0.1, 0.15) is 34.0 Å². The molecule has 0 aliphatic carbocycles. The summed E-state index contributed by atoms with van der Waals surface area (Å²) in [6.07, 6.45) is 0.756. The van der Waals surface area contributed by atoms with Crippen molar-refractivity contribution in [1.82, 2.24) is 0 Å². The lowest BCUT2D eigenvalue weighted by molar-refractivity contribution is 0.102. The summed E-state index contributed by atoms with van der Waals surface area (Å²) in [6.45, 7) is 5.66. The minimum atomic E-state index is -3.95. The molecule has 3 aromatic rings. The number of halogens is 1. The summed E-state index contributed by atoms with van der Waals surface area (Å²) in [5.41, 5.74) is 3.82. The highest BCUT2D eigenvalue weighted by molar-refractivity contribution is 7.92. The molecule has 0 heterocycles. The van der Waals surface area contributed by atoms with Crippen LogP contribution in [-0.4, -0.2) is 14.3 Å². The molecule has 30 heavy (non-hydrogen) atoms. The fourth-order valence-electron chi connectivity index (χ4n) is 3.13. The molecule has 0 spiro atoms. The van der Waals surface area contributed by atoms with Crippen molar-refractivity contribution < 1.29 is 17.6 Å². The quantitative estimate of drug-likeness (QED) is 0.579. The summed E-state index contributed by atoms with van der Waals surface area (Å²) in [4.78, 5) is 12.9. The van der Waals surface area contributed by atoms with Gasteiger partial charge in [-0.2, -0.15) is 0 Å². The van der Waals surface area contributed by atoms with Gasteiger partial charge in [-0.05, 0) is 73.4 Å². The molecule has 0 radical (unpaired) electrons. The molecule has 3 rings (SSSR count). The molecule has 156 valence electrons. The molecule has 0 bridgehead atoms. The number of nitrogens with one attached hydrogen (secondary N) is 2. The van der Waals surface area contributed by atoms with E-state index in [-0.39, 0.29) is 22.1 Å². The standard InChI is InChI=1S/C23H23FN2O3S/c1-4-17-7-5-6-16(3)22(17)25-23(27)21-14-20(13-8-15(21)2)30(28,29)26-19-11-9-18(24)10-12-19/h5-14,26H,4H2,1-3H3,(H,25,27). The first-order valence-electron chi connectivity index (χ1n) is 9.50. The second-order valence-electron chi connectivity index (χ2n) is 7.01. The van der Waals surface area contributed by atoms with Gasteiger partial charge in [-0.3, -0.25) is 9.52 Å². The molecule has 0 aromatic heterocycles. The average molecular weight is 427 g/mol. The van der Waals surface area contributed by atoms with Crippen molar-refractivity contribution in [1.29, 1.82) is 0 Å². The van der Waals surface area contributed by atoms with Crippen molar-refractivity contribution in [2.24, 2.45) is 0 Å². The first-order chi connectivity index (χ1) is 14.2. The number of amides is 1. The highest BCUT2D eigenvalue weighted by Crippen LogP contribution is 2.24. The van der Waals surface area contributed by atoms with Gasteiger partial charge < -0.3 is 5.32 Å². The maximum Gasteiger partial charge on any atom is 0.261 e. The molecule has 0 aliphatic rings.